The van der Waals surface area contributed by atoms with Crippen LogP contribution in [0.15, 0.2) is 247 Å². The Balaban J connectivity index is 1.10. The Morgan fingerprint density at radius 1 is 0.462 bits per heavy atom. The van der Waals surface area contributed by atoms with Gasteiger partial charge in [0.15, 0.2) is 8.07 Å². The van der Waals surface area contributed by atoms with E-state index in [0.717, 1.165) is 36.9 Å². The molecule has 0 spiro atoms. The van der Waals surface area contributed by atoms with Crippen molar-refractivity contribution in [1.82, 2.24) is 4.57 Å². The molecule has 0 N–H and O–H groups in total. The number of para-hydroxylation sites is 3. The van der Waals surface area contributed by atoms with Crippen molar-refractivity contribution in [2.45, 2.75) is 4.90 Å². The molecule has 0 amide bonds. The van der Waals surface area contributed by atoms with E-state index in [4.69, 9.17) is 19.8 Å². The Morgan fingerprint density at radius 2 is 1.08 bits per heavy atom. The summed E-state index contributed by atoms with van der Waals surface area (Å²) in [6.07, 6.45) is 0. The first-order valence-corrected chi connectivity index (χ1v) is 23.8. The van der Waals surface area contributed by atoms with E-state index >= 15 is 0 Å². The minimum absolute atomic E-state index is 0.0274. The summed E-state index contributed by atoms with van der Waals surface area (Å²) in [6.45, 7) is 0. The van der Waals surface area contributed by atoms with Gasteiger partial charge < -0.3 is 9.30 Å². The summed E-state index contributed by atoms with van der Waals surface area (Å²) >= 11 is 1.01. The summed E-state index contributed by atoms with van der Waals surface area (Å²) in [5, 5.41) is 3.60. The van der Waals surface area contributed by atoms with Gasteiger partial charge in [-0.2, -0.15) is 11.6 Å². The number of hydrogen-bond acceptors (Lipinski definition) is 2. The molecule has 0 radical (unpaired) electrons. The van der Waals surface area contributed by atoms with Crippen LogP contribution in [0.25, 0.3) is 60.9 Å². The highest BCUT2D eigenvalue weighted by Gasteiger charge is 2.42. The lowest BCUT2D eigenvalue weighted by atomic mass is 9.57. The largest absolute Gasteiger partial charge is 0.458 e. The molecule has 10 aromatic carbocycles. The Kier molecular flexibility index (Phi) is 5.63. The molecule has 0 saturated heterocycles. The highest BCUT2D eigenvalue weighted by molar-refractivity contribution is 8.28. The number of hydrogen-bond donors (Lipinski definition) is 0. The molecule has 2 aliphatic rings. The monoisotopic (exact) mass is 879 g/mol. The molecule has 13 rings (SSSR count). The number of rotatable bonds is 7. The van der Waals surface area contributed by atoms with Crippen molar-refractivity contribution in [3.8, 4) is 50.6 Å². The SMILES string of the molecule is [2H]c1ccc(-c2cc3c(c([2H])c2[2H])SB2c4c([2H])c([2H])c([2H])c([2H])c4Oc4c([2H])c(-c5cccc([Si](c6ccccc6)(c6ccccc6)c6ccccc6)c5)c([2H])c-3c42)c([2H])c1-n1c2c([2H])c([2H])c([2H])c([2H])c2c2c([2H])c([2H])c([2H])c([2H])c21. The number of fused-ring (bicyclic) bond motifs is 7. The highest BCUT2D eigenvalue weighted by Crippen LogP contribution is 2.46. The maximum atomic E-state index is 10.5. The van der Waals surface area contributed by atoms with E-state index in [1.54, 1.807) is 6.07 Å². The summed E-state index contributed by atoms with van der Waals surface area (Å²) in [6, 6.07) is 33.1. The van der Waals surface area contributed by atoms with E-state index in [1.807, 2.05) is 66.7 Å². The van der Waals surface area contributed by atoms with Crippen LogP contribution in [0.5, 0.6) is 11.5 Å². The van der Waals surface area contributed by atoms with Crippen LogP contribution in [-0.4, -0.2) is 18.6 Å². The van der Waals surface area contributed by atoms with Gasteiger partial charge in [-0.25, -0.2) is 0 Å². The number of aromatic nitrogens is 1. The molecule has 0 bridgehead atoms. The lowest BCUT2D eigenvalue weighted by molar-refractivity contribution is 0.488. The fraction of sp³-hybridized carbons (Fsp3) is 0. The van der Waals surface area contributed by atoms with Gasteiger partial charge in [0.2, 0.25) is 0 Å². The van der Waals surface area contributed by atoms with Crippen LogP contribution >= 0.6 is 11.6 Å². The van der Waals surface area contributed by atoms with E-state index in [0.29, 0.717) is 5.56 Å². The first-order valence-electron chi connectivity index (χ1n) is 29.9. The second-order valence-electron chi connectivity index (χ2n) is 15.7. The van der Waals surface area contributed by atoms with E-state index < -0.39 is 98.7 Å². The van der Waals surface area contributed by atoms with Gasteiger partial charge in [0.1, 0.15) is 11.5 Å². The fourth-order valence-electron chi connectivity index (χ4n) is 9.43. The molecule has 0 aliphatic carbocycles. The molecular weight excluding hydrogens is 822 g/mol. The molecule has 65 heavy (non-hydrogen) atoms. The summed E-state index contributed by atoms with van der Waals surface area (Å²) in [5.74, 6) is -1.38. The van der Waals surface area contributed by atoms with Gasteiger partial charge in [-0.1, -0.05) is 188 Å². The van der Waals surface area contributed by atoms with Gasteiger partial charge in [0, 0.05) is 21.4 Å². The van der Waals surface area contributed by atoms with Crippen molar-refractivity contribution in [3.63, 3.8) is 0 Å². The molecule has 2 aliphatic heterocycles. The van der Waals surface area contributed by atoms with Crippen LogP contribution < -0.4 is 36.4 Å². The predicted molar refractivity (Wildman–Crippen MR) is 278 cm³/mol. The van der Waals surface area contributed by atoms with E-state index in [1.165, 1.54) is 18.2 Å². The normalized spacial score (nSPS) is 16.5. The van der Waals surface area contributed by atoms with Crippen molar-refractivity contribution in [2.75, 3.05) is 0 Å². The molecule has 0 fully saturated rings. The zero-order chi connectivity index (χ0) is 58.6. The molecule has 5 heteroatoms. The molecule has 2 nitrogen and oxygen atoms in total. The lowest BCUT2D eigenvalue weighted by Gasteiger charge is -2.35. The first-order chi connectivity index (χ1) is 39.7. The fourth-order valence-corrected chi connectivity index (χ4v) is 15.5. The van der Waals surface area contributed by atoms with Crippen molar-refractivity contribution in [1.29, 1.82) is 0 Å². The second kappa shape index (κ2) is 15.3. The minimum atomic E-state index is -3.22. The maximum Gasteiger partial charge on any atom is 0.289 e. The van der Waals surface area contributed by atoms with Gasteiger partial charge in [-0.3, -0.25) is 0 Å². The third-order valence-electron chi connectivity index (χ3n) is 12.2. The summed E-state index contributed by atoms with van der Waals surface area (Å²) < 4.78 is 173. The average molecular weight is 880 g/mol. The summed E-state index contributed by atoms with van der Waals surface area (Å²) in [7, 11) is -3.22. The van der Waals surface area contributed by atoms with E-state index in [-0.39, 0.29) is 107 Å². The van der Waals surface area contributed by atoms with Crippen LogP contribution in [-0.2, 0) is 0 Å². The van der Waals surface area contributed by atoms with Gasteiger partial charge in [-0.15, -0.1) is 0 Å². The smallest absolute Gasteiger partial charge is 0.289 e. The molecule has 3 heterocycles. The predicted octanol–water partition coefficient (Wildman–Crippen LogP) is 11.5. The van der Waals surface area contributed by atoms with Gasteiger partial charge >= 0.3 is 0 Å². The standard InChI is InChI=1S/C60H40BNOSSi/c1-4-21-46(22-5-1)65(47-23-6-2-7-24-47,48-25-8-3-9-26-48)49-27-17-19-42(37-49)44-39-53-52-38-43(34-35-59(52)64-61-54-30-12-15-33-57(54)63-58(40-44)60(53)61)41-18-16-20-45(36-41)62-55-31-13-10-28-50(55)51-29-11-14-32-56(51)62/h1-40H/i10D,11D,12D,13D,14D,15D,20D,28D,29D,30D,31D,32D,33D,34D,35D,36D,39D,40D. The van der Waals surface area contributed by atoms with Gasteiger partial charge in [0.05, 0.1) is 35.7 Å². The van der Waals surface area contributed by atoms with Gasteiger partial charge in [-0.05, 0) is 119 Å². The van der Waals surface area contributed by atoms with Crippen LogP contribution in [0.3, 0.4) is 0 Å². The highest BCUT2D eigenvalue weighted by atomic mass is 32.2. The quantitative estimate of drug-likeness (QED) is 0.117. The average Bonchev–Trinajstić information content (AvgIpc) is 1.90. The third-order valence-corrected chi connectivity index (χ3v) is 18.3. The Bertz CT molecular complexity index is 4510. The van der Waals surface area contributed by atoms with Crippen LogP contribution in [0, 0.1) is 0 Å². The maximum absolute atomic E-state index is 10.5. The third kappa shape index (κ3) is 6.04. The summed E-state index contributed by atoms with van der Waals surface area (Å²) in [4.78, 5) is 0.148. The molecular formula is C60H40BNOSSi. The van der Waals surface area contributed by atoms with Crippen molar-refractivity contribution < 1.29 is 29.4 Å². The van der Waals surface area contributed by atoms with Crippen LogP contribution in [0.1, 0.15) is 24.7 Å². The molecule has 0 unspecified atom stereocenters. The zero-order valence-electron chi connectivity index (χ0n) is 52.0. The second-order valence-corrected chi connectivity index (χ2v) is 20.6. The molecule has 0 atom stereocenters. The van der Waals surface area contributed by atoms with Crippen molar-refractivity contribution in [3.05, 3.63) is 242 Å². The molecule has 0 saturated carbocycles. The Hall–Kier alpha value is -7.57. The van der Waals surface area contributed by atoms with Crippen molar-refractivity contribution >= 4 is 79.2 Å². The molecule has 304 valence electrons. The number of nitrogens with zero attached hydrogens (tertiary/aromatic N) is 1. The minimum Gasteiger partial charge on any atom is -0.458 e. The Labute approximate surface area is 409 Å². The molecule has 1 aromatic heterocycles. The topological polar surface area (TPSA) is 14.2 Å². The van der Waals surface area contributed by atoms with Crippen LogP contribution in [0.2, 0.25) is 0 Å². The summed E-state index contributed by atoms with van der Waals surface area (Å²) in [5.41, 5.74) is 0.0378. The first kappa shape index (κ1) is 23.9. The zero-order valence-corrected chi connectivity index (χ0v) is 35.9. The van der Waals surface area contributed by atoms with E-state index in [2.05, 4.69) is 42.5 Å². The molecule has 11 aromatic rings. The number of ether oxygens (including phenoxy) is 1. The Morgan fingerprint density at radius 3 is 1.77 bits per heavy atom. The lowest BCUT2D eigenvalue weighted by Crippen LogP contribution is -2.74. The van der Waals surface area contributed by atoms with Crippen molar-refractivity contribution in [2.24, 2.45) is 0 Å². The number of benzene rings is 10. The van der Waals surface area contributed by atoms with E-state index in [9.17, 15) is 9.60 Å². The van der Waals surface area contributed by atoms with Gasteiger partial charge in [0.25, 0.3) is 5.99 Å². The van der Waals surface area contributed by atoms with Crippen LogP contribution in [0.4, 0.5) is 0 Å².